The van der Waals surface area contributed by atoms with Crippen molar-refractivity contribution in [1.82, 2.24) is 4.90 Å². The number of fused-ring (bicyclic) bond motifs is 8. The Kier molecular flexibility index (Phi) is 15.5. The van der Waals surface area contributed by atoms with Crippen LogP contribution < -0.4 is 18.9 Å². The van der Waals surface area contributed by atoms with Crippen molar-refractivity contribution in [2.75, 3.05) is 33.0 Å². The first-order valence-electron chi connectivity index (χ1n) is 21.7. The van der Waals surface area contributed by atoms with Crippen LogP contribution in [0.25, 0.3) is 0 Å². The molecule has 0 aromatic heterocycles. The third-order valence-electron chi connectivity index (χ3n) is 10.8. The monoisotopic (exact) mass is 823 g/mol. The van der Waals surface area contributed by atoms with Crippen molar-refractivity contribution in [3.05, 3.63) is 146 Å². The second kappa shape index (κ2) is 20.9. The van der Waals surface area contributed by atoms with E-state index in [9.17, 15) is 18.3 Å². The maximum absolute atomic E-state index is 13.4. The number of para-hydroxylation sites is 2. The van der Waals surface area contributed by atoms with Gasteiger partial charge in [0.05, 0.1) is 32.0 Å². The molecule has 6 nitrogen and oxygen atoms in total. The molecule has 1 aliphatic rings. The van der Waals surface area contributed by atoms with Crippen molar-refractivity contribution in [3.63, 3.8) is 0 Å². The van der Waals surface area contributed by atoms with Gasteiger partial charge in [0.15, 0.2) is 0 Å². The summed E-state index contributed by atoms with van der Waals surface area (Å²) in [5.74, 6) is 3.43. The molecule has 5 aromatic rings. The third kappa shape index (κ3) is 11.2. The SMILES string of the molecule is CCCOc1c2cccc1Cc1cc(O)cc(c1OCCC)Cc1cc(CN(CC)Cc3ccc(C(F)(F)F)cc3)cc(c1OCCC)Cc1cccc(c1OCCC)C2. The average molecular weight is 824 g/mol. The van der Waals surface area contributed by atoms with E-state index < -0.39 is 11.7 Å². The molecular weight excluding hydrogens is 764 g/mol. The highest BCUT2D eigenvalue weighted by atomic mass is 19.4. The fraction of sp³-hybridized carbons (Fsp3) is 0.412. The van der Waals surface area contributed by atoms with Gasteiger partial charge in [-0.3, -0.25) is 4.90 Å². The molecule has 9 heteroatoms. The molecule has 0 radical (unpaired) electrons. The zero-order chi connectivity index (χ0) is 42.6. The predicted molar refractivity (Wildman–Crippen MR) is 233 cm³/mol. The van der Waals surface area contributed by atoms with Gasteiger partial charge in [0.25, 0.3) is 0 Å². The molecule has 1 N–H and O–H groups in total. The maximum Gasteiger partial charge on any atom is 0.416 e. The number of benzene rings is 5. The van der Waals surface area contributed by atoms with Crippen LogP contribution in [0.4, 0.5) is 13.2 Å². The zero-order valence-corrected chi connectivity index (χ0v) is 35.9. The van der Waals surface area contributed by atoms with Gasteiger partial charge in [-0.25, -0.2) is 0 Å². The van der Waals surface area contributed by atoms with Crippen LogP contribution in [0.5, 0.6) is 28.7 Å². The Morgan fingerprint density at radius 2 is 0.833 bits per heavy atom. The van der Waals surface area contributed by atoms with Crippen molar-refractivity contribution >= 4 is 0 Å². The van der Waals surface area contributed by atoms with Crippen molar-refractivity contribution in [1.29, 1.82) is 0 Å². The number of alkyl halides is 3. The van der Waals surface area contributed by atoms with E-state index in [1.807, 2.05) is 12.1 Å². The second-order valence-corrected chi connectivity index (χ2v) is 15.7. The summed E-state index contributed by atoms with van der Waals surface area (Å²) in [4.78, 5) is 2.23. The van der Waals surface area contributed by atoms with E-state index in [4.69, 9.17) is 18.9 Å². The van der Waals surface area contributed by atoms with Crippen molar-refractivity contribution in [2.24, 2.45) is 0 Å². The highest BCUT2D eigenvalue weighted by molar-refractivity contribution is 5.58. The Morgan fingerprint density at radius 3 is 1.22 bits per heavy atom. The molecule has 0 spiro atoms. The van der Waals surface area contributed by atoms with Gasteiger partial charge in [-0.05, 0) is 101 Å². The van der Waals surface area contributed by atoms with Crippen LogP contribution in [0, 0.1) is 0 Å². The standard InChI is InChI=1S/C51H60F3NO5/c1-6-21-57-47-37-13-11-15-39(47)28-41-25-36(34-55(10-5)33-35-17-19-45(20-18-35)51(52,53)54)26-42(49(41)59-23-8-3)30-44-32-46(56)31-43(50(44)60-24-9-4)29-40-16-12-14-38(27-37)48(40)58-22-7-2/h11-20,25-26,31-32,56H,6-10,21-24,27-30,33-34H2,1-5H3. The minimum Gasteiger partial charge on any atom is -0.508 e. The summed E-state index contributed by atoms with van der Waals surface area (Å²) >= 11 is 0. The maximum atomic E-state index is 13.4. The Hall–Kier alpha value is -5.15. The summed E-state index contributed by atoms with van der Waals surface area (Å²) in [6.07, 6.45) is 1.04. The van der Waals surface area contributed by atoms with Gasteiger partial charge in [-0.2, -0.15) is 13.2 Å². The van der Waals surface area contributed by atoms with E-state index >= 15 is 0 Å². The molecule has 0 fully saturated rings. The normalized spacial score (nSPS) is 12.7. The number of nitrogens with zero attached hydrogens (tertiary/aromatic N) is 1. The van der Waals surface area contributed by atoms with Gasteiger partial charge >= 0.3 is 6.18 Å². The molecule has 0 unspecified atom stereocenters. The smallest absolute Gasteiger partial charge is 0.416 e. The number of aromatic hydroxyl groups is 1. The van der Waals surface area contributed by atoms with Gasteiger partial charge in [0.1, 0.15) is 28.7 Å². The number of phenols is 1. The number of halogens is 3. The summed E-state index contributed by atoms with van der Waals surface area (Å²) < 4.78 is 66.7. The van der Waals surface area contributed by atoms with Gasteiger partial charge in [-0.15, -0.1) is 0 Å². The number of hydrogen-bond acceptors (Lipinski definition) is 6. The molecule has 0 atom stereocenters. The van der Waals surface area contributed by atoms with Crippen LogP contribution >= 0.6 is 0 Å². The molecule has 0 saturated carbocycles. The number of ether oxygens (including phenoxy) is 4. The fourth-order valence-corrected chi connectivity index (χ4v) is 7.99. The van der Waals surface area contributed by atoms with E-state index in [0.717, 1.165) is 116 Å². The molecule has 320 valence electrons. The van der Waals surface area contributed by atoms with E-state index in [0.29, 0.717) is 71.7 Å². The van der Waals surface area contributed by atoms with Crippen LogP contribution in [0.2, 0.25) is 0 Å². The Bertz CT molecular complexity index is 2180. The molecule has 5 aromatic carbocycles. The van der Waals surface area contributed by atoms with Crippen LogP contribution in [0.15, 0.2) is 84.9 Å². The van der Waals surface area contributed by atoms with Crippen LogP contribution in [-0.4, -0.2) is 43.0 Å². The highest BCUT2D eigenvalue weighted by Crippen LogP contribution is 2.41. The zero-order valence-electron chi connectivity index (χ0n) is 35.9. The van der Waals surface area contributed by atoms with Crippen molar-refractivity contribution < 1.29 is 37.2 Å². The lowest BCUT2D eigenvalue weighted by molar-refractivity contribution is -0.137. The molecule has 0 aliphatic heterocycles. The van der Waals surface area contributed by atoms with Gasteiger partial charge < -0.3 is 24.1 Å². The Morgan fingerprint density at radius 1 is 0.483 bits per heavy atom. The average Bonchev–Trinajstić information content (AvgIpc) is 3.22. The molecule has 60 heavy (non-hydrogen) atoms. The van der Waals surface area contributed by atoms with Crippen molar-refractivity contribution in [3.8, 4) is 28.7 Å². The van der Waals surface area contributed by atoms with Crippen LogP contribution in [0.3, 0.4) is 0 Å². The van der Waals surface area contributed by atoms with Gasteiger partial charge in [0.2, 0.25) is 0 Å². The molecule has 1 aliphatic carbocycles. The molecule has 6 rings (SSSR count). The van der Waals surface area contributed by atoms with E-state index in [1.54, 1.807) is 12.1 Å². The van der Waals surface area contributed by atoms with Crippen molar-refractivity contribution in [2.45, 2.75) is 105 Å². The molecule has 0 heterocycles. The fourth-order valence-electron chi connectivity index (χ4n) is 7.99. The second-order valence-electron chi connectivity index (χ2n) is 15.7. The summed E-state index contributed by atoms with van der Waals surface area (Å²) in [7, 11) is 0. The molecule has 0 saturated heterocycles. The van der Waals surface area contributed by atoms with E-state index in [1.165, 1.54) is 0 Å². The summed E-state index contributed by atoms with van der Waals surface area (Å²) in [5.41, 5.74) is 9.11. The highest BCUT2D eigenvalue weighted by Gasteiger charge is 2.30. The molecular formula is C51H60F3NO5. The minimum atomic E-state index is -4.39. The molecule has 8 bridgehead atoms. The Balaban J connectivity index is 1.55. The van der Waals surface area contributed by atoms with Crippen LogP contribution in [0.1, 0.15) is 121 Å². The first-order chi connectivity index (χ1) is 29.0. The lowest BCUT2D eigenvalue weighted by Crippen LogP contribution is -2.23. The largest absolute Gasteiger partial charge is 0.508 e. The molecule has 0 amide bonds. The topological polar surface area (TPSA) is 60.4 Å². The van der Waals surface area contributed by atoms with Gasteiger partial charge in [0, 0.05) is 49.9 Å². The van der Waals surface area contributed by atoms with E-state index in [-0.39, 0.29) is 5.75 Å². The third-order valence-corrected chi connectivity index (χ3v) is 10.8. The first kappa shape index (κ1) is 44.4. The number of rotatable bonds is 17. The van der Waals surface area contributed by atoms with Gasteiger partial charge in [-0.1, -0.05) is 95.3 Å². The summed E-state index contributed by atoms with van der Waals surface area (Å²) in [6.45, 7) is 14.4. The number of phenolic OH excluding ortho intramolecular Hbond substituents is 1. The summed E-state index contributed by atoms with van der Waals surface area (Å²) in [5, 5.41) is 11.4. The Labute approximate surface area is 354 Å². The lowest BCUT2D eigenvalue weighted by atomic mass is 9.90. The minimum absolute atomic E-state index is 0.158. The van der Waals surface area contributed by atoms with Crippen LogP contribution in [-0.2, 0) is 44.9 Å². The lowest BCUT2D eigenvalue weighted by Gasteiger charge is -2.25. The predicted octanol–water partition coefficient (Wildman–Crippen LogP) is 12.3. The summed E-state index contributed by atoms with van der Waals surface area (Å²) in [6, 6.07) is 26.2. The number of hydrogen-bond donors (Lipinski definition) is 1. The quantitative estimate of drug-likeness (QED) is 0.0989. The van der Waals surface area contributed by atoms with E-state index in [2.05, 4.69) is 88.0 Å². The first-order valence-corrected chi connectivity index (χ1v) is 21.7.